The molecule has 1 atom stereocenters. The molecule has 0 radical (unpaired) electrons. The molecule has 0 bridgehead atoms. The number of aliphatic hydroxyl groups is 1. The Morgan fingerprint density at radius 2 is 1.88 bits per heavy atom. The number of likely N-dealkylation sites (tertiary alicyclic amines) is 1. The maximum Gasteiger partial charge on any atom is 0.295 e. The third kappa shape index (κ3) is 4.36. The van der Waals surface area contributed by atoms with E-state index >= 15 is 0 Å². The number of ether oxygens (including phenoxy) is 1. The second-order valence-corrected chi connectivity index (χ2v) is 10.1. The summed E-state index contributed by atoms with van der Waals surface area (Å²) < 4.78 is 5.52. The number of carbonyl (C=O) groups excluding carboxylic acids is 2. The predicted molar refractivity (Wildman–Crippen MR) is 135 cm³/mol. The van der Waals surface area contributed by atoms with E-state index < -0.39 is 17.7 Å². The highest BCUT2D eigenvalue weighted by Crippen LogP contribution is 2.42. The lowest BCUT2D eigenvalue weighted by molar-refractivity contribution is -0.140. The molecule has 2 aromatic carbocycles. The van der Waals surface area contributed by atoms with Crippen LogP contribution in [0.1, 0.15) is 52.9 Å². The summed E-state index contributed by atoms with van der Waals surface area (Å²) in [7, 11) is 1.61. The molecule has 34 heavy (non-hydrogen) atoms. The standard InChI is InChI=1S/C27H26ClNO4S/c1-15(2)20-13-21(16(3)12-22(20)33-4)25(30)23-24(17-7-9-18(28)10-8-17)29(27(32)26(23)31)14-19-6-5-11-34-19/h5-13,15,24,30H,14H2,1-4H3/b25-23+. The number of thiophene rings is 1. The second kappa shape index (κ2) is 9.65. The zero-order valence-electron chi connectivity index (χ0n) is 19.5. The van der Waals surface area contributed by atoms with Gasteiger partial charge in [-0.1, -0.05) is 43.6 Å². The van der Waals surface area contributed by atoms with E-state index in [2.05, 4.69) is 0 Å². The number of ketones is 1. The first-order valence-corrected chi connectivity index (χ1v) is 12.2. The van der Waals surface area contributed by atoms with Gasteiger partial charge in [0.25, 0.3) is 11.7 Å². The van der Waals surface area contributed by atoms with Crippen LogP contribution in [-0.2, 0) is 16.1 Å². The van der Waals surface area contributed by atoms with Gasteiger partial charge in [0.2, 0.25) is 0 Å². The highest BCUT2D eigenvalue weighted by Gasteiger charge is 2.46. The van der Waals surface area contributed by atoms with Crippen LogP contribution in [0.3, 0.4) is 0 Å². The molecule has 176 valence electrons. The molecule has 1 unspecified atom stereocenters. The highest BCUT2D eigenvalue weighted by atomic mass is 35.5. The number of rotatable bonds is 6. The van der Waals surface area contributed by atoms with Crippen LogP contribution in [0.2, 0.25) is 5.02 Å². The Hall–Kier alpha value is -3.09. The molecule has 0 aliphatic carbocycles. The fourth-order valence-electron chi connectivity index (χ4n) is 4.33. The van der Waals surface area contributed by atoms with Crippen molar-refractivity contribution in [1.82, 2.24) is 4.90 Å². The van der Waals surface area contributed by atoms with Crippen molar-refractivity contribution in [3.63, 3.8) is 0 Å². The van der Waals surface area contributed by atoms with Gasteiger partial charge in [-0.2, -0.15) is 0 Å². The molecule has 1 N–H and O–H groups in total. The number of hydrogen-bond donors (Lipinski definition) is 1. The Morgan fingerprint density at radius 3 is 2.47 bits per heavy atom. The average Bonchev–Trinajstić information content (AvgIpc) is 3.41. The average molecular weight is 496 g/mol. The van der Waals surface area contributed by atoms with Gasteiger partial charge in [-0.25, -0.2) is 0 Å². The van der Waals surface area contributed by atoms with Crippen LogP contribution in [0.5, 0.6) is 5.75 Å². The minimum Gasteiger partial charge on any atom is -0.507 e. The summed E-state index contributed by atoms with van der Waals surface area (Å²) >= 11 is 7.61. The molecular formula is C27H26ClNO4S. The van der Waals surface area contributed by atoms with Crippen LogP contribution in [0.4, 0.5) is 0 Å². The Kier molecular flexibility index (Phi) is 6.82. The van der Waals surface area contributed by atoms with Gasteiger partial charge in [-0.05, 0) is 65.2 Å². The van der Waals surface area contributed by atoms with Crippen LogP contribution < -0.4 is 4.74 Å². The number of benzene rings is 2. The number of nitrogens with zero attached hydrogens (tertiary/aromatic N) is 1. The van der Waals surface area contributed by atoms with Crippen molar-refractivity contribution in [3.05, 3.63) is 91.6 Å². The van der Waals surface area contributed by atoms with Crippen LogP contribution in [-0.4, -0.2) is 28.8 Å². The van der Waals surface area contributed by atoms with Gasteiger partial charge in [0.15, 0.2) is 0 Å². The van der Waals surface area contributed by atoms with Crippen molar-refractivity contribution in [2.45, 2.75) is 39.3 Å². The van der Waals surface area contributed by atoms with Gasteiger partial charge in [-0.15, -0.1) is 11.3 Å². The van der Waals surface area contributed by atoms with E-state index in [0.29, 0.717) is 16.1 Å². The molecule has 1 amide bonds. The van der Waals surface area contributed by atoms with E-state index in [1.165, 1.54) is 16.2 Å². The normalized spacial score (nSPS) is 17.6. The van der Waals surface area contributed by atoms with E-state index in [1.54, 1.807) is 31.4 Å². The monoisotopic (exact) mass is 495 g/mol. The smallest absolute Gasteiger partial charge is 0.295 e. The number of methoxy groups -OCH3 is 1. The summed E-state index contributed by atoms with van der Waals surface area (Å²) in [5, 5.41) is 14.0. The molecule has 4 rings (SSSR count). The first-order valence-electron chi connectivity index (χ1n) is 11.0. The molecule has 0 saturated carbocycles. The van der Waals surface area contributed by atoms with Crippen LogP contribution in [0.15, 0.2) is 59.5 Å². The lowest BCUT2D eigenvalue weighted by Gasteiger charge is -2.25. The van der Waals surface area contributed by atoms with E-state index in [9.17, 15) is 14.7 Å². The van der Waals surface area contributed by atoms with Gasteiger partial charge in [0.05, 0.1) is 25.3 Å². The molecule has 7 heteroatoms. The molecule has 1 saturated heterocycles. The van der Waals surface area contributed by atoms with Crippen LogP contribution in [0, 0.1) is 6.92 Å². The van der Waals surface area contributed by atoms with Gasteiger partial charge in [0, 0.05) is 15.5 Å². The summed E-state index contributed by atoms with van der Waals surface area (Å²) in [5.74, 6) is -0.665. The Balaban J connectivity index is 1.92. The zero-order chi connectivity index (χ0) is 24.6. The van der Waals surface area contributed by atoms with Crippen molar-refractivity contribution >= 4 is 40.4 Å². The Labute approximate surface area is 208 Å². The van der Waals surface area contributed by atoms with Crippen molar-refractivity contribution < 1.29 is 19.4 Å². The number of hydrogen-bond acceptors (Lipinski definition) is 5. The van der Waals surface area contributed by atoms with Gasteiger partial charge < -0.3 is 14.7 Å². The largest absolute Gasteiger partial charge is 0.507 e. The Bertz CT molecular complexity index is 1260. The first-order chi connectivity index (χ1) is 16.2. The van der Waals surface area contributed by atoms with E-state index in [4.69, 9.17) is 16.3 Å². The highest BCUT2D eigenvalue weighted by molar-refractivity contribution is 7.09. The SMILES string of the molecule is COc1cc(C)c(/C(O)=C2\C(=O)C(=O)N(Cc3cccs3)C2c2ccc(Cl)cc2)cc1C(C)C. The van der Waals surface area contributed by atoms with Crippen molar-refractivity contribution in [2.75, 3.05) is 7.11 Å². The summed E-state index contributed by atoms with van der Waals surface area (Å²) in [4.78, 5) is 29.0. The molecule has 0 spiro atoms. The molecule has 1 fully saturated rings. The molecular weight excluding hydrogens is 470 g/mol. The summed E-state index contributed by atoms with van der Waals surface area (Å²) in [5.41, 5.74) is 2.95. The second-order valence-electron chi connectivity index (χ2n) is 8.62. The van der Waals surface area contributed by atoms with Gasteiger partial charge in [-0.3, -0.25) is 9.59 Å². The van der Waals surface area contributed by atoms with E-state index in [-0.39, 0.29) is 23.8 Å². The number of amides is 1. The number of aliphatic hydroxyl groups excluding tert-OH is 1. The predicted octanol–water partition coefficient (Wildman–Crippen LogP) is 6.46. The number of Topliss-reactive ketones (excluding diaryl/α,β-unsaturated/α-hetero) is 1. The fourth-order valence-corrected chi connectivity index (χ4v) is 5.16. The van der Waals surface area contributed by atoms with Crippen molar-refractivity contribution in [1.29, 1.82) is 0 Å². The molecule has 1 aromatic heterocycles. The molecule has 2 heterocycles. The lowest BCUT2D eigenvalue weighted by atomic mass is 9.91. The third-order valence-electron chi connectivity index (χ3n) is 6.09. The first kappa shape index (κ1) is 24.0. The number of aryl methyl sites for hydroxylation is 1. The molecule has 1 aliphatic rings. The number of halogens is 1. The van der Waals surface area contributed by atoms with Crippen LogP contribution >= 0.6 is 22.9 Å². The summed E-state index contributed by atoms with van der Waals surface area (Å²) in [6, 6.07) is 13.8. The zero-order valence-corrected chi connectivity index (χ0v) is 21.0. The number of carbonyl (C=O) groups is 2. The molecule has 3 aromatic rings. The van der Waals surface area contributed by atoms with Crippen molar-refractivity contribution in [2.24, 2.45) is 0 Å². The maximum absolute atomic E-state index is 13.3. The van der Waals surface area contributed by atoms with Crippen molar-refractivity contribution in [3.8, 4) is 5.75 Å². The summed E-state index contributed by atoms with van der Waals surface area (Å²) in [6.45, 7) is 6.18. The Morgan fingerprint density at radius 1 is 1.18 bits per heavy atom. The van der Waals surface area contributed by atoms with E-state index in [0.717, 1.165) is 21.8 Å². The lowest BCUT2D eigenvalue weighted by Crippen LogP contribution is -2.28. The van der Waals surface area contributed by atoms with Crippen LogP contribution in [0.25, 0.3) is 5.76 Å². The minimum absolute atomic E-state index is 0.0758. The topological polar surface area (TPSA) is 66.8 Å². The van der Waals surface area contributed by atoms with E-state index in [1.807, 2.05) is 50.4 Å². The third-order valence-corrected chi connectivity index (χ3v) is 7.20. The molecule has 1 aliphatic heterocycles. The fraction of sp³-hybridized carbons (Fsp3) is 0.259. The maximum atomic E-state index is 13.3. The quantitative estimate of drug-likeness (QED) is 0.242. The van der Waals surface area contributed by atoms with Gasteiger partial charge in [0.1, 0.15) is 11.5 Å². The minimum atomic E-state index is -0.733. The van der Waals surface area contributed by atoms with Gasteiger partial charge >= 0.3 is 0 Å². The molecule has 5 nitrogen and oxygen atoms in total. The summed E-state index contributed by atoms with van der Waals surface area (Å²) in [6.07, 6.45) is 0.